The number of hydrogen-bond donors (Lipinski definition) is 1. The van der Waals surface area contributed by atoms with Crippen LogP contribution in [0.4, 0.5) is 13.2 Å². The molecule has 3 aromatic rings. The lowest BCUT2D eigenvalue weighted by molar-refractivity contribution is -0.137. The quantitative estimate of drug-likeness (QED) is 0.739. The number of aromatic nitrogens is 2. The van der Waals surface area contributed by atoms with Gasteiger partial charge in [-0.2, -0.15) is 13.2 Å². The van der Waals surface area contributed by atoms with Crippen molar-refractivity contribution in [3.63, 3.8) is 0 Å². The van der Waals surface area contributed by atoms with E-state index >= 15 is 0 Å². The highest BCUT2D eigenvalue weighted by Gasteiger charge is 2.30. The van der Waals surface area contributed by atoms with Gasteiger partial charge in [-0.15, -0.1) is 0 Å². The molecule has 1 heterocycles. The molecule has 0 saturated heterocycles. The first-order valence-electron chi connectivity index (χ1n) is 7.43. The van der Waals surface area contributed by atoms with Crippen molar-refractivity contribution < 1.29 is 22.5 Å². The summed E-state index contributed by atoms with van der Waals surface area (Å²) >= 11 is 0. The molecule has 0 aliphatic rings. The lowest BCUT2D eigenvalue weighted by Crippen LogP contribution is -2.05. The first-order chi connectivity index (χ1) is 12.3. The van der Waals surface area contributed by atoms with E-state index in [9.17, 15) is 22.5 Å². The van der Waals surface area contributed by atoms with Crippen LogP contribution in [-0.4, -0.2) is 25.5 Å². The Kier molecular flexibility index (Phi) is 4.78. The molecule has 1 atom stereocenters. The highest BCUT2D eigenvalue weighted by atomic mass is 32.2. The predicted octanol–water partition coefficient (Wildman–Crippen LogP) is 4.27. The van der Waals surface area contributed by atoms with Crippen LogP contribution in [0.25, 0.3) is 22.6 Å². The van der Waals surface area contributed by atoms with Gasteiger partial charge in [0.2, 0.25) is 0 Å². The maximum Gasteiger partial charge on any atom is 0.416 e. The van der Waals surface area contributed by atoms with Gasteiger partial charge in [0.15, 0.2) is 5.82 Å². The smallest absolute Gasteiger partial charge is 0.416 e. The largest absolute Gasteiger partial charge is 0.508 e. The molecule has 26 heavy (non-hydrogen) atoms. The molecule has 1 unspecified atom stereocenters. The summed E-state index contributed by atoms with van der Waals surface area (Å²) in [7, 11) is -1.42. The van der Waals surface area contributed by atoms with Crippen molar-refractivity contribution in [2.24, 2.45) is 0 Å². The van der Waals surface area contributed by atoms with Gasteiger partial charge in [-0.25, -0.2) is 9.97 Å². The molecule has 2 aromatic carbocycles. The van der Waals surface area contributed by atoms with Gasteiger partial charge in [0.05, 0.1) is 27.0 Å². The highest BCUT2D eigenvalue weighted by molar-refractivity contribution is 7.84. The Morgan fingerprint density at radius 2 is 1.54 bits per heavy atom. The zero-order chi connectivity index (χ0) is 18.9. The fourth-order valence-corrected chi connectivity index (χ4v) is 2.99. The lowest BCUT2D eigenvalue weighted by Gasteiger charge is -2.11. The van der Waals surface area contributed by atoms with E-state index in [1.807, 2.05) is 0 Å². The van der Waals surface area contributed by atoms with Gasteiger partial charge in [0, 0.05) is 23.6 Å². The highest BCUT2D eigenvalue weighted by Crippen LogP contribution is 2.32. The summed E-state index contributed by atoms with van der Waals surface area (Å²) in [5, 5.41) is 9.37. The summed E-state index contributed by atoms with van der Waals surface area (Å²) in [4.78, 5) is 8.89. The topological polar surface area (TPSA) is 63.1 Å². The van der Waals surface area contributed by atoms with Crippen molar-refractivity contribution in [3.05, 3.63) is 60.3 Å². The third-order valence-electron chi connectivity index (χ3n) is 3.68. The monoisotopic (exact) mass is 378 g/mol. The third-order valence-corrected chi connectivity index (χ3v) is 4.59. The maximum atomic E-state index is 12.8. The lowest BCUT2D eigenvalue weighted by atomic mass is 10.1. The van der Waals surface area contributed by atoms with Crippen LogP contribution in [0, 0.1) is 0 Å². The van der Waals surface area contributed by atoms with Crippen LogP contribution in [0.1, 0.15) is 5.56 Å². The van der Waals surface area contributed by atoms with Crippen molar-refractivity contribution >= 4 is 10.8 Å². The zero-order valence-electron chi connectivity index (χ0n) is 13.5. The molecular formula is C18H13F3N2O2S. The molecule has 0 aliphatic carbocycles. The molecule has 0 spiro atoms. The van der Waals surface area contributed by atoms with Crippen LogP contribution in [0.2, 0.25) is 0 Å². The molecule has 0 amide bonds. The van der Waals surface area contributed by atoms with Gasteiger partial charge < -0.3 is 5.11 Å². The summed E-state index contributed by atoms with van der Waals surface area (Å²) in [6, 6.07) is 10.7. The first kappa shape index (κ1) is 18.1. The standard InChI is InChI=1S/C18H13F3N2O2S/c1-26(25)15-10-22-17(12-4-8-14(24)9-5-12)23-16(15)11-2-6-13(7-3-11)18(19,20)21/h2-10,24H,1H3. The second-order valence-electron chi connectivity index (χ2n) is 5.48. The van der Waals surface area contributed by atoms with Crippen molar-refractivity contribution in [1.29, 1.82) is 0 Å². The van der Waals surface area contributed by atoms with E-state index in [0.29, 0.717) is 27.5 Å². The maximum absolute atomic E-state index is 12.8. The Bertz CT molecular complexity index is 956. The second kappa shape index (κ2) is 6.87. The fraction of sp³-hybridized carbons (Fsp3) is 0.111. The van der Waals surface area contributed by atoms with E-state index < -0.39 is 22.5 Å². The molecule has 0 bridgehead atoms. The normalized spacial score (nSPS) is 12.8. The molecule has 0 saturated carbocycles. The van der Waals surface area contributed by atoms with Crippen molar-refractivity contribution in [3.8, 4) is 28.4 Å². The summed E-state index contributed by atoms with van der Waals surface area (Å²) < 4.78 is 50.2. The van der Waals surface area contributed by atoms with Crippen LogP contribution >= 0.6 is 0 Å². The zero-order valence-corrected chi connectivity index (χ0v) is 14.3. The number of halogens is 3. The summed E-state index contributed by atoms with van der Waals surface area (Å²) in [5.41, 5.74) is 0.556. The number of hydrogen-bond acceptors (Lipinski definition) is 4. The molecule has 134 valence electrons. The van der Waals surface area contributed by atoms with Crippen LogP contribution in [0.15, 0.2) is 59.6 Å². The number of nitrogens with zero attached hydrogens (tertiary/aromatic N) is 2. The van der Waals surface area contributed by atoms with E-state index in [-0.39, 0.29) is 5.75 Å². The Balaban J connectivity index is 2.10. The molecule has 4 nitrogen and oxygen atoms in total. The summed E-state index contributed by atoms with van der Waals surface area (Å²) in [5.74, 6) is 0.400. The van der Waals surface area contributed by atoms with Gasteiger partial charge in [0.1, 0.15) is 5.75 Å². The molecule has 3 rings (SSSR count). The first-order valence-corrected chi connectivity index (χ1v) is 8.99. The summed E-state index contributed by atoms with van der Waals surface area (Å²) in [6.45, 7) is 0. The minimum Gasteiger partial charge on any atom is -0.508 e. The van der Waals surface area contributed by atoms with Crippen LogP contribution in [-0.2, 0) is 17.0 Å². The molecule has 0 aliphatic heterocycles. The van der Waals surface area contributed by atoms with Crippen molar-refractivity contribution in [2.75, 3.05) is 6.26 Å². The molecule has 0 radical (unpaired) electrons. The molecule has 1 N–H and O–H groups in total. The Hall–Kier alpha value is -2.74. The van der Waals surface area contributed by atoms with Gasteiger partial charge in [-0.1, -0.05) is 12.1 Å². The number of benzene rings is 2. The fourth-order valence-electron chi connectivity index (χ4n) is 2.35. The Morgan fingerprint density at radius 3 is 2.08 bits per heavy atom. The number of aromatic hydroxyl groups is 1. The van der Waals surface area contributed by atoms with Gasteiger partial charge in [-0.05, 0) is 36.4 Å². The predicted molar refractivity (Wildman–Crippen MR) is 91.9 cm³/mol. The van der Waals surface area contributed by atoms with Crippen LogP contribution in [0.5, 0.6) is 5.75 Å². The number of rotatable bonds is 3. The second-order valence-corrected chi connectivity index (χ2v) is 6.83. The number of alkyl halides is 3. The number of phenols is 1. The minimum atomic E-state index is -4.43. The average molecular weight is 378 g/mol. The molecular weight excluding hydrogens is 365 g/mol. The number of phenolic OH excluding ortho intramolecular Hbond substituents is 1. The minimum absolute atomic E-state index is 0.0861. The van der Waals surface area contributed by atoms with E-state index in [1.165, 1.54) is 36.7 Å². The molecule has 1 aromatic heterocycles. The SMILES string of the molecule is CS(=O)c1cnc(-c2ccc(O)cc2)nc1-c1ccc(C(F)(F)F)cc1. The van der Waals surface area contributed by atoms with Crippen molar-refractivity contribution in [2.45, 2.75) is 11.1 Å². The molecule has 0 fully saturated rings. The van der Waals surface area contributed by atoms with Gasteiger partial charge in [-0.3, -0.25) is 4.21 Å². The van der Waals surface area contributed by atoms with E-state index in [2.05, 4.69) is 9.97 Å². The van der Waals surface area contributed by atoms with Gasteiger partial charge in [0.25, 0.3) is 0 Å². The van der Waals surface area contributed by atoms with Gasteiger partial charge >= 0.3 is 6.18 Å². The Morgan fingerprint density at radius 1 is 0.962 bits per heavy atom. The molecule has 8 heteroatoms. The summed E-state index contributed by atoms with van der Waals surface area (Å²) in [6.07, 6.45) is -1.58. The van der Waals surface area contributed by atoms with E-state index in [0.717, 1.165) is 12.1 Å². The van der Waals surface area contributed by atoms with Crippen LogP contribution < -0.4 is 0 Å². The van der Waals surface area contributed by atoms with E-state index in [4.69, 9.17) is 0 Å². The average Bonchev–Trinajstić information content (AvgIpc) is 2.61. The van der Waals surface area contributed by atoms with Crippen LogP contribution in [0.3, 0.4) is 0 Å². The van der Waals surface area contributed by atoms with E-state index in [1.54, 1.807) is 12.1 Å². The van der Waals surface area contributed by atoms with Crippen molar-refractivity contribution in [1.82, 2.24) is 9.97 Å². The third kappa shape index (κ3) is 3.75. The Labute approximate surface area is 149 Å².